The average molecular weight is 216 g/mol. The number of carbonyl (C=O) groups excluding carboxylic acids is 1. The molecule has 14 heavy (non-hydrogen) atoms. The summed E-state index contributed by atoms with van der Waals surface area (Å²) < 4.78 is 23.4. The van der Waals surface area contributed by atoms with Crippen LogP contribution in [0.4, 0.5) is 8.78 Å². The van der Waals surface area contributed by atoms with Crippen molar-refractivity contribution in [1.29, 1.82) is 0 Å². The van der Waals surface area contributed by atoms with Crippen molar-refractivity contribution < 1.29 is 48.2 Å². The molecule has 0 radical (unpaired) electrons. The Morgan fingerprint density at radius 3 is 2.21 bits per heavy atom. The molecule has 0 aromatic rings. The van der Waals surface area contributed by atoms with Crippen LogP contribution in [-0.4, -0.2) is 12.4 Å². The van der Waals surface area contributed by atoms with Gasteiger partial charge in [0, 0.05) is 12.4 Å². The molecule has 0 spiro atoms. The van der Waals surface area contributed by atoms with Gasteiger partial charge in [-0.3, -0.25) is 0 Å². The van der Waals surface area contributed by atoms with Gasteiger partial charge in [0.2, 0.25) is 6.43 Å². The molecule has 0 heterocycles. The van der Waals surface area contributed by atoms with Crippen molar-refractivity contribution in [3.8, 4) is 0 Å². The molecular formula is C9H15F2NaO2. The third kappa shape index (κ3) is 8.91. The summed E-state index contributed by atoms with van der Waals surface area (Å²) in [4.78, 5) is 10.5. The number of aliphatic carboxylic acids is 1. The molecule has 5 heteroatoms. The molecule has 0 N–H and O–H groups in total. The molecule has 1 unspecified atom stereocenters. The van der Waals surface area contributed by atoms with Crippen LogP contribution in [0.5, 0.6) is 0 Å². The number of halogens is 2. The Morgan fingerprint density at radius 2 is 1.86 bits per heavy atom. The molecule has 0 bridgehead atoms. The first-order valence-corrected chi connectivity index (χ1v) is 4.57. The van der Waals surface area contributed by atoms with Gasteiger partial charge in [-0.25, -0.2) is 8.78 Å². The van der Waals surface area contributed by atoms with Crippen molar-refractivity contribution >= 4 is 5.97 Å². The predicted octanol–water partition coefficient (Wildman–Crippen LogP) is -1.41. The van der Waals surface area contributed by atoms with E-state index >= 15 is 0 Å². The Kier molecular flexibility index (Phi) is 11.8. The summed E-state index contributed by atoms with van der Waals surface area (Å²) in [5.41, 5.74) is 0. The molecule has 0 aliphatic heterocycles. The van der Waals surface area contributed by atoms with Crippen LogP contribution in [-0.2, 0) is 4.79 Å². The van der Waals surface area contributed by atoms with E-state index in [1.165, 1.54) is 0 Å². The van der Waals surface area contributed by atoms with Crippen LogP contribution in [0, 0.1) is 5.92 Å². The first kappa shape index (κ1) is 16.7. The quantitative estimate of drug-likeness (QED) is 0.491. The number of carboxylic acid groups (broad SMARTS) is 1. The molecule has 0 aromatic carbocycles. The summed E-state index contributed by atoms with van der Waals surface area (Å²) >= 11 is 0. The second-order valence-corrected chi connectivity index (χ2v) is 3.13. The van der Waals surface area contributed by atoms with E-state index in [-0.39, 0.29) is 42.4 Å². The van der Waals surface area contributed by atoms with Crippen molar-refractivity contribution in [2.75, 3.05) is 0 Å². The zero-order valence-electron chi connectivity index (χ0n) is 8.76. The maximum atomic E-state index is 11.7. The van der Waals surface area contributed by atoms with E-state index in [2.05, 4.69) is 0 Å². The molecule has 0 saturated heterocycles. The Bertz CT molecular complexity index is 154. The van der Waals surface area contributed by atoms with E-state index in [9.17, 15) is 18.7 Å². The number of carboxylic acids is 1. The Labute approximate surface area is 105 Å². The van der Waals surface area contributed by atoms with Crippen LogP contribution in [0.15, 0.2) is 0 Å². The third-order valence-electron chi connectivity index (χ3n) is 1.95. The van der Waals surface area contributed by atoms with Crippen molar-refractivity contribution in [2.45, 2.75) is 45.5 Å². The minimum atomic E-state index is -2.33. The van der Waals surface area contributed by atoms with Crippen LogP contribution in [0.2, 0.25) is 0 Å². The van der Waals surface area contributed by atoms with Gasteiger partial charge in [-0.05, 0) is 25.2 Å². The van der Waals surface area contributed by atoms with E-state index in [0.29, 0.717) is 12.8 Å². The van der Waals surface area contributed by atoms with Crippen LogP contribution in [0.3, 0.4) is 0 Å². The minimum absolute atomic E-state index is 0. The van der Waals surface area contributed by atoms with Gasteiger partial charge in [-0.15, -0.1) is 0 Å². The summed E-state index contributed by atoms with van der Waals surface area (Å²) in [6.45, 7) is 1.86. The van der Waals surface area contributed by atoms with Gasteiger partial charge in [0.15, 0.2) is 0 Å². The normalized spacial score (nSPS) is 12.3. The molecule has 0 aliphatic carbocycles. The fourth-order valence-corrected chi connectivity index (χ4v) is 1.25. The molecule has 0 rings (SSSR count). The number of hydrogen-bond acceptors (Lipinski definition) is 2. The average Bonchev–Trinajstić information content (AvgIpc) is 2.02. The molecule has 0 amide bonds. The monoisotopic (exact) mass is 216 g/mol. The van der Waals surface area contributed by atoms with Crippen molar-refractivity contribution in [1.82, 2.24) is 0 Å². The summed E-state index contributed by atoms with van der Waals surface area (Å²) in [7, 11) is 0. The summed E-state index contributed by atoms with van der Waals surface area (Å²) in [6.07, 6.45) is -0.715. The SMILES string of the molecule is CCCC(CCCC(F)F)C(=O)[O-].[Na+]. The van der Waals surface area contributed by atoms with E-state index in [0.717, 1.165) is 6.42 Å². The molecule has 0 aliphatic rings. The summed E-state index contributed by atoms with van der Waals surface area (Å²) in [6, 6.07) is 0. The van der Waals surface area contributed by atoms with Gasteiger partial charge in [-0.2, -0.15) is 0 Å². The molecule has 0 saturated carbocycles. The maximum absolute atomic E-state index is 11.7. The predicted molar refractivity (Wildman–Crippen MR) is 43.3 cm³/mol. The molecule has 0 fully saturated rings. The molecule has 1 atom stereocenters. The maximum Gasteiger partial charge on any atom is 1.00 e. The topological polar surface area (TPSA) is 40.1 Å². The number of hydrogen-bond donors (Lipinski definition) is 0. The summed E-state index contributed by atoms with van der Waals surface area (Å²) in [5, 5.41) is 10.5. The van der Waals surface area contributed by atoms with E-state index < -0.39 is 18.3 Å². The molecule has 0 aromatic heterocycles. The molecule has 78 valence electrons. The van der Waals surface area contributed by atoms with Crippen LogP contribution < -0.4 is 34.7 Å². The first-order chi connectivity index (χ1) is 6.07. The molecular weight excluding hydrogens is 201 g/mol. The number of rotatable bonds is 7. The summed E-state index contributed by atoms with van der Waals surface area (Å²) in [5.74, 6) is -1.67. The van der Waals surface area contributed by atoms with Gasteiger partial charge in [0.05, 0.1) is 0 Å². The fourth-order valence-electron chi connectivity index (χ4n) is 1.25. The van der Waals surface area contributed by atoms with Crippen molar-refractivity contribution in [3.63, 3.8) is 0 Å². The van der Waals surface area contributed by atoms with Crippen LogP contribution in [0.25, 0.3) is 0 Å². The zero-order valence-corrected chi connectivity index (χ0v) is 10.8. The zero-order chi connectivity index (χ0) is 10.3. The standard InChI is InChI=1S/C9H16F2O2.Na/c1-2-4-7(9(12)13)5-3-6-8(10)11;/h7-8H,2-6H2,1H3,(H,12,13);/q;+1/p-1. The Morgan fingerprint density at radius 1 is 1.29 bits per heavy atom. The van der Waals surface area contributed by atoms with Crippen LogP contribution >= 0.6 is 0 Å². The largest absolute Gasteiger partial charge is 1.00 e. The number of alkyl halides is 2. The van der Waals surface area contributed by atoms with Gasteiger partial charge >= 0.3 is 29.6 Å². The van der Waals surface area contributed by atoms with E-state index in [4.69, 9.17) is 0 Å². The fraction of sp³-hybridized carbons (Fsp3) is 0.889. The number of carbonyl (C=O) groups is 1. The van der Waals surface area contributed by atoms with Crippen LogP contribution in [0.1, 0.15) is 39.0 Å². The van der Waals surface area contributed by atoms with Crippen molar-refractivity contribution in [2.24, 2.45) is 5.92 Å². The second kappa shape index (κ2) is 9.87. The van der Waals surface area contributed by atoms with Gasteiger partial charge in [0.1, 0.15) is 0 Å². The minimum Gasteiger partial charge on any atom is -0.550 e. The van der Waals surface area contributed by atoms with Crippen molar-refractivity contribution in [3.05, 3.63) is 0 Å². The Hall–Kier alpha value is 0.330. The third-order valence-corrected chi connectivity index (χ3v) is 1.95. The van der Waals surface area contributed by atoms with Gasteiger partial charge in [-0.1, -0.05) is 13.3 Å². The first-order valence-electron chi connectivity index (χ1n) is 4.57. The van der Waals surface area contributed by atoms with E-state index in [1.807, 2.05) is 6.92 Å². The van der Waals surface area contributed by atoms with Gasteiger partial charge in [0.25, 0.3) is 0 Å². The molecule has 2 nitrogen and oxygen atoms in total. The Balaban J connectivity index is 0. The van der Waals surface area contributed by atoms with E-state index in [1.54, 1.807) is 0 Å². The smallest absolute Gasteiger partial charge is 0.550 e. The second-order valence-electron chi connectivity index (χ2n) is 3.13. The van der Waals surface area contributed by atoms with Gasteiger partial charge < -0.3 is 9.90 Å².